The van der Waals surface area contributed by atoms with Crippen LogP contribution in [0, 0.1) is 0 Å². The standard InChI is InChI=1S/C30H25O5P/c1-6-16-26(17-7-1)31-36(32-27-18-8-2-9-19-27,33-28-20-10-3-11-21-28,34-29-22-12-4-13-23-29)35-30-24-14-5-15-25-30/h1-25H. The van der Waals surface area contributed by atoms with Gasteiger partial charge in [-0.2, -0.15) is 0 Å². The first kappa shape index (κ1) is 23.3. The molecule has 0 spiro atoms. The van der Waals surface area contributed by atoms with Crippen LogP contribution in [0.4, 0.5) is 0 Å². The quantitative estimate of drug-likeness (QED) is 0.181. The summed E-state index contributed by atoms with van der Waals surface area (Å²) in [7, 11) is -5.07. The van der Waals surface area contributed by atoms with Crippen molar-refractivity contribution in [3.8, 4) is 28.7 Å². The Morgan fingerprint density at radius 1 is 0.250 bits per heavy atom. The van der Waals surface area contributed by atoms with Gasteiger partial charge in [0, 0.05) is 0 Å². The summed E-state index contributed by atoms with van der Waals surface area (Å²) in [6.07, 6.45) is 0. The molecular weight excluding hydrogens is 471 g/mol. The first-order valence-electron chi connectivity index (χ1n) is 11.5. The monoisotopic (exact) mass is 496 g/mol. The van der Waals surface area contributed by atoms with Gasteiger partial charge in [0.1, 0.15) is 0 Å². The molecule has 0 saturated carbocycles. The summed E-state index contributed by atoms with van der Waals surface area (Å²) in [6.45, 7) is 0. The second-order valence-electron chi connectivity index (χ2n) is 7.77. The first-order chi connectivity index (χ1) is 17.7. The summed E-state index contributed by atoms with van der Waals surface area (Å²) in [5, 5.41) is 0. The van der Waals surface area contributed by atoms with Crippen molar-refractivity contribution in [2.75, 3.05) is 0 Å². The van der Waals surface area contributed by atoms with Gasteiger partial charge in [-0.3, -0.25) is 0 Å². The van der Waals surface area contributed by atoms with E-state index in [-0.39, 0.29) is 0 Å². The molecule has 0 aromatic heterocycles. The number of para-hydroxylation sites is 5. The number of benzene rings is 5. The van der Waals surface area contributed by atoms with Crippen LogP contribution in [0.5, 0.6) is 28.7 Å². The molecule has 0 bridgehead atoms. The van der Waals surface area contributed by atoms with E-state index < -0.39 is 7.74 Å². The van der Waals surface area contributed by atoms with Gasteiger partial charge in [0.15, 0.2) is 0 Å². The van der Waals surface area contributed by atoms with Crippen molar-refractivity contribution in [1.82, 2.24) is 0 Å². The zero-order valence-corrected chi connectivity index (χ0v) is 20.3. The van der Waals surface area contributed by atoms with Crippen molar-refractivity contribution in [3.05, 3.63) is 152 Å². The van der Waals surface area contributed by atoms with E-state index in [1.54, 1.807) is 60.7 Å². The van der Waals surface area contributed by atoms with E-state index in [2.05, 4.69) is 0 Å². The third-order valence-corrected chi connectivity index (χ3v) is 7.53. The summed E-state index contributed by atoms with van der Waals surface area (Å²) in [6, 6.07) is 46.0. The predicted molar refractivity (Wildman–Crippen MR) is 142 cm³/mol. The minimum absolute atomic E-state index is 0.453. The third-order valence-electron chi connectivity index (χ3n) is 4.99. The molecule has 0 saturated heterocycles. The molecule has 5 aromatic carbocycles. The molecule has 0 aliphatic heterocycles. The van der Waals surface area contributed by atoms with Gasteiger partial charge in [-0.15, -0.1) is 0 Å². The van der Waals surface area contributed by atoms with E-state index in [1.165, 1.54) is 0 Å². The zero-order valence-electron chi connectivity index (χ0n) is 19.4. The molecule has 5 aromatic rings. The first-order valence-corrected chi connectivity index (χ1v) is 13.3. The fourth-order valence-electron chi connectivity index (χ4n) is 3.45. The molecule has 0 heterocycles. The van der Waals surface area contributed by atoms with Crippen molar-refractivity contribution in [1.29, 1.82) is 0 Å². The van der Waals surface area contributed by atoms with Crippen molar-refractivity contribution in [3.63, 3.8) is 0 Å². The minimum atomic E-state index is -5.07. The van der Waals surface area contributed by atoms with Crippen molar-refractivity contribution in [2.45, 2.75) is 0 Å². The van der Waals surface area contributed by atoms with Gasteiger partial charge in [0.2, 0.25) is 0 Å². The van der Waals surface area contributed by atoms with E-state index in [9.17, 15) is 0 Å². The average Bonchev–Trinajstić information content (AvgIpc) is 2.91. The van der Waals surface area contributed by atoms with Crippen LogP contribution >= 0.6 is 7.74 Å². The molecule has 0 atom stereocenters. The van der Waals surface area contributed by atoms with Gasteiger partial charge in [0.05, 0.1) is 0 Å². The second kappa shape index (κ2) is 10.4. The number of hydrogen-bond donors (Lipinski definition) is 0. The normalized spacial score (nSPS) is 11.9. The third kappa shape index (κ3) is 5.60. The van der Waals surface area contributed by atoms with E-state index in [0.717, 1.165) is 0 Å². The van der Waals surface area contributed by atoms with Gasteiger partial charge in [-0.1, -0.05) is 0 Å². The Labute approximate surface area is 210 Å². The van der Waals surface area contributed by atoms with E-state index in [0.29, 0.717) is 28.7 Å². The van der Waals surface area contributed by atoms with Gasteiger partial charge >= 0.3 is 211 Å². The van der Waals surface area contributed by atoms with Crippen LogP contribution < -0.4 is 22.6 Å². The van der Waals surface area contributed by atoms with E-state index in [1.807, 2.05) is 91.0 Å². The van der Waals surface area contributed by atoms with Gasteiger partial charge in [0.25, 0.3) is 0 Å². The molecule has 0 radical (unpaired) electrons. The van der Waals surface area contributed by atoms with Crippen LogP contribution in [0.2, 0.25) is 0 Å². The van der Waals surface area contributed by atoms with Crippen LogP contribution in [0.15, 0.2) is 152 Å². The zero-order chi connectivity index (χ0) is 24.5. The molecule has 5 rings (SSSR count). The van der Waals surface area contributed by atoms with Crippen LogP contribution in [-0.2, 0) is 0 Å². The topological polar surface area (TPSA) is 46.2 Å². The Bertz CT molecular complexity index is 1090. The molecular formula is C30H25O5P. The fourth-order valence-corrected chi connectivity index (χ4v) is 6.16. The van der Waals surface area contributed by atoms with Crippen molar-refractivity contribution < 1.29 is 22.6 Å². The molecule has 0 amide bonds. The molecule has 5 nitrogen and oxygen atoms in total. The van der Waals surface area contributed by atoms with Crippen LogP contribution in [0.25, 0.3) is 0 Å². The molecule has 0 fully saturated rings. The van der Waals surface area contributed by atoms with E-state index >= 15 is 0 Å². The molecule has 36 heavy (non-hydrogen) atoms. The Morgan fingerprint density at radius 3 is 0.583 bits per heavy atom. The van der Waals surface area contributed by atoms with Gasteiger partial charge < -0.3 is 0 Å². The SMILES string of the molecule is c1ccc(OP(Oc2ccccc2)(Oc2ccccc2)(Oc2ccccc2)Oc2ccccc2)cc1. The summed E-state index contributed by atoms with van der Waals surface area (Å²) in [5.41, 5.74) is 0. The molecule has 0 aliphatic carbocycles. The second-order valence-corrected chi connectivity index (χ2v) is 10.2. The Hall–Kier alpha value is -4.47. The summed E-state index contributed by atoms with van der Waals surface area (Å²) in [4.78, 5) is 0. The number of hydrogen-bond acceptors (Lipinski definition) is 5. The average molecular weight is 496 g/mol. The molecule has 0 aliphatic rings. The molecule has 6 heteroatoms. The van der Waals surface area contributed by atoms with Gasteiger partial charge in [-0.05, 0) is 0 Å². The Morgan fingerprint density at radius 2 is 0.417 bits per heavy atom. The maximum absolute atomic E-state index is 6.65. The Kier molecular flexibility index (Phi) is 6.74. The van der Waals surface area contributed by atoms with Crippen LogP contribution in [-0.4, -0.2) is 0 Å². The molecule has 0 N–H and O–H groups in total. The van der Waals surface area contributed by atoms with Crippen LogP contribution in [0.1, 0.15) is 0 Å². The van der Waals surface area contributed by atoms with Crippen molar-refractivity contribution >= 4 is 7.74 Å². The van der Waals surface area contributed by atoms with E-state index in [4.69, 9.17) is 22.6 Å². The summed E-state index contributed by atoms with van der Waals surface area (Å²) in [5.74, 6) is 2.26. The Balaban J connectivity index is 1.76. The summed E-state index contributed by atoms with van der Waals surface area (Å²) < 4.78 is 33.2. The number of rotatable bonds is 10. The molecule has 0 unspecified atom stereocenters. The predicted octanol–water partition coefficient (Wildman–Crippen LogP) is 8.51. The van der Waals surface area contributed by atoms with Crippen LogP contribution in [0.3, 0.4) is 0 Å². The maximum atomic E-state index is 6.65. The summed E-state index contributed by atoms with van der Waals surface area (Å²) >= 11 is 0. The molecule has 180 valence electrons. The van der Waals surface area contributed by atoms with Crippen molar-refractivity contribution in [2.24, 2.45) is 0 Å². The fraction of sp³-hybridized carbons (Fsp3) is 0. The van der Waals surface area contributed by atoms with Gasteiger partial charge in [-0.25, -0.2) is 0 Å².